The number of ether oxygens (including phenoxy) is 1. The second kappa shape index (κ2) is 5.59. The molecule has 1 aliphatic rings. The number of aliphatic hydroxyl groups is 2. The fourth-order valence-electron chi connectivity index (χ4n) is 2.19. The Hall–Kier alpha value is -1.59. The number of aliphatic hydroxyl groups excluding tert-OH is 2. The Morgan fingerprint density at radius 1 is 1.37 bits per heavy atom. The molecule has 104 valence electrons. The van der Waals surface area contributed by atoms with Crippen molar-refractivity contribution in [2.24, 2.45) is 5.92 Å². The van der Waals surface area contributed by atoms with Crippen molar-refractivity contribution >= 4 is 11.6 Å². The lowest BCUT2D eigenvalue weighted by atomic mass is 10.0. The van der Waals surface area contributed by atoms with Gasteiger partial charge >= 0.3 is 0 Å². The molecular formula is C14H19NO4. The van der Waals surface area contributed by atoms with Crippen LogP contribution < -0.4 is 9.64 Å². The van der Waals surface area contributed by atoms with Crippen LogP contribution in [0.25, 0.3) is 0 Å². The van der Waals surface area contributed by atoms with E-state index in [9.17, 15) is 4.79 Å². The summed E-state index contributed by atoms with van der Waals surface area (Å²) in [7, 11) is 0. The van der Waals surface area contributed by atoms with Crippen LogP contribution in [-0.4, -0.2) is 35.4 Å². The van der Waals surface area contributed by atoms with E-state index in [4.69, 9.17) is 14.9 Å². The molecule has 0 aliphatic carbocycles. The molecule has 1 atom stereocenters. The van der Waals surface area contributed by atoms with Crippen LogP contribution in [0.5, 0.6) is 5.75 Å². The smallest absolute Gasteiger partial charge is 0.268 e. The molecular weight excluding hydrogens is 246 g/mol. The van der Waals surface area contributed by atoms with Crippen LogP contribution in [-0.2, 0) is 11.4 Å². The summed E-state index contributed by atoms with van der Waals surface area (Å²) in [6, 6.07) is 5.22. The lowest BCUT2D eigenvalue weighted by molar-refractivity contribution is -0.128. The van der Waals surface area contributed by atoms with E-state index in [1.54, 1.807) is 23.1 Å². The maximum absolute atomic E-state index is 12.3. The molecule has 5 nitrogen and oxygen atoms in total. The monoisotopic (exact) mass is 265 g/mol. The van der Waals surface area contributed by atoms with Gasteiger partial charge in [-0.25, -0.2) is 0 Å². The first-order valence-electron chi connectivity index (χ1n) is 6.41. The van der Waals surface area contributed by atoms with Gasteiger partial charge in [-0.15, -0.1) is 0 Å². The van der Waals surface area contributed by atoms with Gasteiger partial charge in [0.05, 0.1) is 18.9 Å². The molecule has 1 aromatic rings. The van der Waals surface area contributed by atoms with Crippen molar-refractivity contribution < 1.29 is 19.7 Å². The zero-order chi connectivity index (χ0) is 14.0. The maximum Gasteiger partial charge on any atom is 0.268 e. The van der Waals surface area contributed by atoms with Crippen molar-refractivity contribution in [1.82, 2.24) is 0 Å². The summed E-state index contributed by atoms with van der Waals surface area (Å²) in [5.74, 6) is 0.492. The third-order valence-corrected chi connectivity index (χ3v) is 3.19. The number of hydrogen-bond donors (Lipinski definition) is 2. The molecule has 1 unspecified atom stereocenters. The highest BCUT2D eigenvalue weighted by Crippen LogP contribution is 2.36. The summed E-state index contributed by atoms with van der Waals surface area (Å²) in [5, 5.41) is 18.3. The molecule has 0 saturated heterocycles. The highest BCUT2D eigenvalue weighted by Gasteiger charge is 2.35. The average molecular weight is 265 g/mol. The number of nitrogens with zero attached hydrogens (tertiary/aromatic N) is 1. The Morgan fingerprint density at radius 2 is 2.11 bits per heavy atom. The van der Waals surface area contributed by atoms with Gasteiger partial charge < -0.3 is 19.8 Å². The summed E-state index contributed by atoms with van der Waals surface area (Å²) < 4.78 is 5.74. The lowest BCUT2D eigenvalue weighted by Crippen LogP contribution is -2.49. The molecule has 0 aromatic heterocycles. The van der Waals surface area contributed by atoms with Crippen LogP contribution in [0.4, 0.5) is 5.69 Å². The van der Waals surface area contributed by atoms with E-state index < -0.39 is 6.10 Å². The number of amides is 1. The minimum Gasteiger partial charge on any atom is -0.478 e. The van der Waals surface area contributed by atoms with Crippen LogP contribution in [0.3, 0.4) is 0 Å². The Labute approximate surface area is 112 Å². The molecule has 19 heavy (non-hydrogen) atoms. The topological polar surface area (TPSA) is 70.0 Å². The molecule has 0 bridgehead atoms. The van der Waals surface area contributed by atoms with Gasteiger partial charge in [0.15, 0.2) is 6.10 Å². The summed E-state index contributed by atoms with van der Waals surface area (Å²) in [4.78, 5) is 13.9. The van der Waals surface area contributed by atoms with Crippen LogP contribution >= 0.6 is 0 Å². The number of rotatable bonds is 4. The number of β-amino-alcohol motifs (C(OH)–C–C–N with tert-alkyl or cyclic N) is 1. The quantitative estimate of drug-likeness (QED) is 0.849. The van der Waals surface area contributed by atoms with Gasteiger partial charge in [0.25, 0.3) is 5.91 Å². The number of carbonyl (C=O) groups is 1. The Bertz CT molecular complexity index is 473. The highest BCUT2D eigenvalue weighted by molar-refractivity contribution is 6.00. The zero-order valence-electron chi connectivity index (χ0n) is 11.2. The van der Waals surface area contributed by atoms with Gasteiger partial charge in [0.1, 0.15) is 5.75 Å². The van der Waals surface area contributed by atoms with E-state index in [2.05, 4.69) is 0 Å². The third-order valence-electron chi connectivity index (χ3n) is 3.19. The normalized spacial score (nSPS) is 18.5. The van der Waals surface area contributed by atoms with E-state index in [-0.39, 0.29) is 31.6 Å². The summed E-state index contributed by atoms with van der Waals surface area (Å²) >= 11 is 0. The first-order valence-corrected chi connectivity index (χ1v) is 6.41. The first-order chi connectivity index (χ1) is 9.08. The number of benzene rings is 1. The van der Waals surface area contributed by atoms with E-state index >= 15 is 0 Å². The fraction of sp³-hybridized carbons (Fsp3) is 0.500. The molecule has 0 saturated carbocycles. The van der Waals surface area contributed by atoms with Gasteiger partial charge in [0, 0.05) is 6.54 Å². The Balaban J connectivity index is 2.43. The van der Waals surface area contributed by atoms with E-state index in [0.29, 0.717) is 11.4 Å². The third kappa shape index (κ3) is 2.57. The van der Waals surface area contributed by atoms with Crippen LogP contribution in [0.1, 0.15) is 19.4 Å². The summed E-state index contributed by atoms with van der Waals surface area (Å²) in [6.07, 6.45) is -0.548. The maximum atomic E-state index is 12.3. The summed E-state index contributed by atoms with van der Waals surface area (Å²) in [6.45, 7) is 3.91. The number of fused-ring (bicyclic) bond motifs is 1. The van der Waals surface area contributed by atoms with Gasteiger partial charge in [-0.1, -0.05) is 19.9 Å². The SMILES string of the molecule is CC(C)C1Oc2cc(CO)ccc2N(CCO)C1=O. The molecule has 1 amide bonds. The van der Waals surface area contributed by atoms with Crippen LogP contribution in [0.15, 0.2) is 18.2 Å². The second-order valence-electron chi connectivity index (χ2n) is 4.96. The summed E-state index contributed by atoms with van der Waals surface area (Å²) in [5.41, 5.74) is 1.38. The van der Waals surface area contributed by atoms with Crippen molar-refractivity contribution in [3.8, 4) is 5.75 Å². The first kappa shape index (κ1) is 13.8. The number of hydrogen-bond acceptors (Lipinski definition) is 4. The van der Waals surface area contributed by atoms with Crippen molar-refractivity contribution in [1.29, 1.82) is 0 Å². The van der Waals surface area contributed by atoms with E-state index in [1.807, 2.05) is 13.8 Å². The predicted molar refractivity (Wildman–Crippen MR) is 71.1 cm³/mol. The fourth-order valence-corrected chi connectivity index (χ4v) is 2.19. The average Bonchev–Trinajstić information content (AvgIpc) is 2.40. The van der Waals surface area contributed by atoms with Gasteiger partial charge in [0.2, 0.25) is 0 Å². The minimum absolute atomic E-state index is 0.0413. The molecule has 1 aromatic carbocycles. The Morgan fingerprint density at radius 3 is 2.68 bits per heavy atom. The van der Waals surface area contributed by atoms with Crippen molar-refractivity contribution in [3.05, 3.63) is 23.8 Å². The number of carbonyl (C=O) groups excluding carboxylic acids is 1. The zero-order valence-corrected chi connectivity index (χ0v) is 11.2. The predicted octanol–water partition coefficient (Wildman–Crippen LogP) is 0.921. The lowest BCUT2D eigenvalue weighted by Gasteiger charge is -2.35. The van der Waals surface area contributed by atoms with Gasteiger partial charge in [-0.05, 0) is 23.6 Å². The van der Waals surface area contributed by atoms with Crippen molar-refractivity contribution in [3.63, 3.8) is 0 Å². The molecule has 2 N–H and O–H groups in total. The van der Waals surface area contributed by atoms with Gasteiger partial charge in [-0.2, -0.15) is 0 Å². The molecule has 0 spiro atoms. The van der Waals surface area contributed by atoms with E-state index in [0.717, 1.165) is 5.56 Å². The highest BCUT2D eigenvalue weighted by atomic mass is 16.5. The molecule has 1 aliphatic heterocycles. The van der Waals surface area contributed by atoms with E-state index in [1.165, 1.54) is 0 Å². The second-order valence-corrected chi connectivity index (χ2v) is 4.96. The molecule has 2 rings (SSSR count). The Kier molecular flexibility index (Phi) is 4.07. The number of anilines is 1. The van der Waals surface area contributed by atoms with Crippen LogP contribution in [0.2, 0.25) is 0 Å². The molecule has 0 radical (unpaired) electrons. The van der Waals surface area contributed by atoms with Gasteiger partial charge in [-0.3, -0.25) is 4.79 Å². The minimum atomic E-state index is -0.548. The largest absolute Gasteiger partial charge is 0.478 e. The standard InChI is InChI=1S/C14H19NO4/c1-9(2)13-14(18)15(5-6-16)11-4-3-10(8-17)7-12(11)19-13/h3-4,7,9,13,16-17H,5-6,8H2,1-2H3. The molecule has 5 heteroatoms. The van der Waals surface area contributed by atoms with Crippen LogP contribution in [0, 0.1) is 5.92 Å². The van der Waals surface area contributed by atoms with Crippen molar-refractivity contribution in [2.45, 2.75) is 26.6 Å². The molecule has 0 fully saturated rings. The van der Waals surface area contributed by atoms with Crippen molar-refractivity contribution in [2.75, 3.05) is 18.1 Å². The molecule has 1 heterocycles.